The number of hydrogen-bond donors (Lipinski definition) is 3. The molecule has 0 heterocycles. The van der Waals surface area contributed by atoms with Gasteiger partial charge >= 0.3 is 5.97 Å². The number of hydrogen-bond acceptors (Lipinski definition) is 3. The van der Waals surface area contributed by atoms with Gasteiger partial charge in [-0.1, -0.05) is 19.3 Å². The van der Waals surface area contributed by atoms with Gasteiger partial charge in [0.15, 0.2) is 0 Å². The molecule has 0 saturated heterocycles. The smallest absolute Gasteiger partial charge is 0.308 e. The Morgan fingerprint density at radius 3 is 2.40 bits per heavy atom. The monoisotopic (exact) mass is 280 g/mol. The third kappa shape index (κ3) is 2.22. The molecule has 0 aliphatic heterocycles. The molecule has 4 N–H and O–H groups in total. The Balaban J connectivity index is 1.70. The Hall–Kier alpha value is -1.10. The average Bonchev–Trinajstić information content (AvgIpc) is 3.00. The van der Waals surface area contributed by atoms with Crippen LogP contribution in [0.15, 0.2) is 0 Å². The summed E-state index contributed by atoms with van der Waals surface area (Å²) in [6.07, 6.45) is 7.52. The lowest BCUT2D eigenvalue weighted by Gasteiger charge is -2.36. The van der Waals surface area contributed by atoms with Gasteiger partial charge in [0.1, 0.15) is 0 Å². The van der Waals surface area contributed by atoms with Crippen LogP contribution in [0.3, 0.4) is 0 Å². The van der Waals surface area contributed by atoms with Gasteiger partial charge in [0.2, 0.25) is 5.91 Å². The molecule has 3 saturated carbocycles. The molecule has 3 aliphatic carbocycles. The predicted octanol–water partition coefficient (Wildman–Crippen LogP) is 1.26. The van der Waals surface area contributed by atoms with Gasteiger partial charge in [0, 0.05) is 6.04 Å². The van der Waals surface area contributed by atoms with Crippen LogP contribution in [0.25, 0.3) is 0 Å². The number of nitrogens with one attached hydrogen (secondary N) is 1. The third-order valence-electron chi connectivity index (χ3n) is 5.70. The minimum absolute atomic E-state index is 0.124. The van der Waals surface area contributed by atoms with Crippen LogP contribution in [0.5, 0.6) is 0 Å². The summed E-state index contributed by atoms with van der Waals surface area (Å²) in [5.41, 5.74) is 5.47. The molecule has 0 aromatic heterocycles. The molecule has 3 fully saturated rings. The minimum atomic E-state index is -0.775. The predicted molar refractivity (Wildman–Crippen MR) is 73.9 cm³/mol. The molecule has 1 amide bonds. The van der Waals surface area contributed by atoms with Crippen molar-refractivity contribution in [3.05, 3.63) is 0 Å². The SMILES string of the molecule is NC1(C(=O)NC2C3CCC(C3)C2C(=O)O)CCCCC1. The van der Waals surface area contributed by atoms with Crippen molar-refractivity contribution in [1.29, 1.82) is 0 Å². The largest absolute Gasteiger partial charge is 0.481 e. The van der Waals surface area contributed by atoms with Crippen molar-refractivity contribution in [3.63, 3.8) is 0 Å². The van der Waals surface area contributed by atoms with E-state index in [1.807, 2.05) is 0 Å². The first-order valence-electron chi connectivity index (χ1n) is 7.84. The van der Waals surface area contributed by atoms with Crippen molar-refractivity contribution in [2.75, 3.05) is 0 Å². The van der Waals surface area contributed by atoms with E-state index in [2.05, 4.69) is 5.32 Å². The highest BCUT2D eigenvalue weighted by Gasteiger charge is 2.52. The molecule has 4 atom stereocenters. The first-order chi connectivity index (χ1) is 9.51. The van der Waals surface area contributed by atoms with E-state index in [1.54, 1.807) is 0 Å². The van der Waals surface area contributed by atoms with E-state index in [1.165, 1.54) is 0 Å². The molecule has 5 heteroatoms. The number of carbonyl (C=O) groups excluding carboxylic acids is 1. The molecule has 20 heavy (non-hydrogen) atoms. The van der Waals surface area contributed by atoms with Gasteiger partial charge in [0.05, 0.1) is 11.5 Å². The number of nitrogens with two attached hydrogens (primary N) is 1. The fourth-order valence-electron chi connectivity index (χ4n) is 4.56. The number of carboxylic acids is 1. The van der Waals surface area contributed by atoms with Crippen molar-refractivity contribution in [1.82, 2.24) is 5.32 Å². The molecular weight excluding hydrogens is 256 g/mol. The molecule has 3 rings (SSSR count). The summed E-state index contributed by atoms with van der Waals surface area (Å²) < 4.78 is 0. The van der Waals surface area contributed by atoms with Crippen LogP contribution >= 0.6 is 0 Å². The summed E-state index contributed by atoms with van der Waals surface area (Å²) in [7, 11) is 0. The molecule has 2 bridgehead atoms. The standard InChI is InChI=1S/C15H24N2O3/c16-15(6-2-1-3-7-15)14(20)17-12-10-5-4-9(8-10)11(12)13(18)19/h9-12H,1-8,16H2,(H,17,20)(H,18,19). The Morgan fingerprint density at radius 2 is 1.75 bits per heavy atom. The number of carboxylic acid groups (broad SMARTS) is 1. The Bertz CT molecular complexity index is 417. The fourth-order valence-corrected chi connectivity index (χ4v) is 4.56. The van der Waals surface area contributed by atoms with Crippen molar-refractivity contribution in [3.8, 4) is 0 Å². The molecule has 4 unspecified atom stereocenters. The van der Waals surface area contributed by atoms with Crippen molar-refractivity contribution < 1.29 is 14.7 Å². The summed E-state index contributed by atoms with van der Waals surface area (Å²) in [6, 6.07) is -0.207. The second kappa shape index (κ2) is 5.02. The van der Waals surface area contributed by atoms with Crippen LogP contribution in [-0.2, 0) is 9.59 Å². The molecule has 112 valence electrons. The maximum absolute atomic E-state index is 12.5. The molecule has 0 spiro atoms. The van der Waals surface area contributed by atoms with E-state index < -0.39 is 17.4 Å². The van der Waals surface area contributed by atoms with Gasteiger partial charge in [-0.05, 0) is 43.9 Å². The number of aliphatic carboxylic acids is 1. The van der Waals surface area contributed by atoms with Gasteiger partial charge < -0.3 is 16.2 Å². The molecule has 3 aliphatic rings. The summed E-state index contributed by atoms with van der Waals surface area (Å²) in [5, 5.41) is 12.4. The lowest BCUT2D eigenvalue weighted by molar-refractivity contribution is -0.145. The van der Waals surface area contributed by atoms with E-state index in [9.17, 15) is 14.7 Å². The maximum atomic E-state index is 12.5. The number of fused-ring (bicyclic) bond motifs is 2. The first kappa shape index (κ1) is 13.9. The summed E-state index contributed by atoms with van der Waals surface area (Å²) in [6.45, 7) is 0. The quantitative estimate of drug-likeness (QED) is 0.725. The van der Waals surface area contributed by atoms with Crippen molar-refractivity contribution in [2.24, 2.45) is 23.5 Å². The molecule has 0 radical (unpaired) electrons. The second-order valence-electron chi connectivity index (χ2n) is 6.91. The van der Waals surface area contributed by atoms with Gasteiger partial charge in [-0.15, -0.1) is 0 Å². The summed E-state index contributed by atoms with van der Waals surface area (Å²) >= 11 is 0. The van der Waals surface area contributed by atoms with E-state index in [4.69, 9.17) is 5.73 Å². The number of carbonyl (C=O) groups is 2. The topological polar surface area (TPSA) is 92.4 Å². The van der Waals surface area contributed by atoms with Gasteiger partial charge in [-0.3, -0.25) is 9.59 Å². The van der Waals surface area contributed by atoms with E-state index in [0.29, 0.717) is 5.92 Å². The van der Waals surface area contributed by atoms with Gasteiger partial charge in [0.25, 0.3) is 0 Å². The fraction of sp³-hybridized carbons (Fsp3) is 0.867. The zero-order chi connectivity index (χ0) is 14.3. The van der Waals surface area contributed by atoms with Crippen molar-refractivity contribution in [2.45, 2.75) is 62.9 Å². The Morgan fingerprint density at radius 1 is 1.10 bits per heavy atom. The number of amides is 1. The zero-order valence-electron chi connectivity index (χ0n) is 11.8. The second-order valence-corrected chi connectivity index (χ2v) is 6.91. The zero-order valence-corrected chi connectivity index (χ0v) is 11.8. The highest BCUT2D eigenvalue weighted by Crippen LogP contribution is 2.48. The van der Waals surface area contributed by atoms with Gasteiger partial charge in [-0.25, -0.2) is 0 Å². The van der Waals surface area contributed by atoms with Crippen LogP contribution in [-0.4, -0.2) is 28.6 Å². The lowest BCUT2D eigenvalue weighted by Crippen LogP contribution is -2.59. The Labute approximate surface area is 119 Å². The van der Waals surface area contributed by atoms with Crippen molar-refractivity contribution >= 4 is 11.9 Å². The highest BCUT2D eigenvalue weighted by atomic mass is 16.4. The van der Waals surface area contributed by atoms with E-state index in [-0.39, 0.29) is 17.9 Å². The molecule has 0 aromatic carbocycles. The van der Waals surface area contributed by atoms with Crippen LogP contribution in [0.2, 0.25) is 0 Å². The normalized spacial score (nSPS) is 38.6. The molecule has 0 aromatic rings. The van der Waals surface area contributed by atoms with E-state index in [0.717, 1.165) is 51.4 Å². The average molecular weight is 280 g/mol. The summed E-state index contributed by atoms with van der Waals surface area (Å²) in [5.74, 6) is -0.733. The third-order valence-corrected chi connectivity index (χ3v) is 5.70. The molecule has 5 nitrogen and oxygen atoms in total. The highest BCUT2D eigenvalue weighted by molar-refractivity contribution is 5.87. The van der Waals surface area contributed by atoms with Crippen LogP contribution < -0.4 is 11.1 Å². The van der Waals surface area contributed by atoms with Crippen LogP contribution in [0.1, 0.15) is 51.4 Å². The minimum Gasteiger partial charge on any atom is -0.481 e. The van der Waals surface area contributed by atoms with Crippen LogP contribution in [0, 0.1) is 17.8 Å². The summed E-state index contributed by atoms with van der Waals surface area (Å²) in [4.78, 5) is 23.9. The Kier molecular flexibility index (Phi) is 3.48. The maximum Gasteiger partial charge on any atom is 0.308 e. The number of rotatable bonds is 3. The molecular formula is C15H24N2O3. The van der Waals surface area contributed by atoms with Crippen LogP contribution in [0.4, 0.5) is 0 Å². The van der Waals surface area contributed by atoms with E-state index >= 15 is 0 Å². The lowest BCUT2D eigenvalue weighted by atomic mass is 9.80. The first-order valence-corrected chi connectivity index (χ1v) is 7.84. The van der Waals surface area contributed by atoms with Gasteiger partial charge in [-0.2, -0.15) is 0 Å².